The van der Waals surface area contributed by atoms with Crippen LogP contribution in [0, 0.1) is 5.92 Å². The SMILES string of the molecule is O=C(CC1CC1)Nc1cnc(N2CCN(c3ccccn3)CC2)nc1. The number of anilines is 3. The van der Waals surface area contributed by atoms with Crippen molar-refractivity contribution in [2.75, 3.05) is 41.3 Å². The highest BCUT2D eigenvalue weighted by atomic mass is 16.1. The molecule has 1 N–H and O–H groups in total. The second-order valence-corrected chi connectivity index (χ2v) is 6.63. The molecular weight excluding hydrogens is 316 g/mol. The van der Waals surface area contributed by atoms with Crippen molar-refractivity contribution in [1.82, 2.24) is 15.0 Å². The highest BCUT2D eigenvalue weighted by Crippen LogP contribution is 2.32. The average molecular weight is 338 g/mol. The summed E-state index contributed by atoms with van der Waals surface area (Å²) in [6.07, 6.45) is 8.16. The van der Waals surface area contributed by atoms with E-state index in [0.29, 0.717) is 24.0 Å². The monoisotopic (exact) mass is 338 g/mol. The third kappa shape index (κ3) is 4.04. The summed E-state index contributed by atoms with van der Waals surface area (Å²) < 4.78 is 0. The second kappa shape index (κ2) is 7.04. The molecule has 1 amide bonds. The van der Waals surface area contributed by atoms with Crippen LogP contribution in [0.2, 0.25) is 0 Å². The number of rotatable bonds is 5. The molecule has 7 heteroatoms. The molecule has 0 bridgehead atoms. The highest BCUT2D eigenvalue weighted by Gasteiger charge is 2.24. The molecule has 1 saturated carbocycles. The van der Waals surface area contributed by atoms with E-state index in [4.69, 9.17) is 0 Å². The fraction of sp³-hybridized carbons (Fsp3) is 0.444. The normalized spacial score (nSPS) is 17.4. The maximum atomic E-state index is 11.8. The van der Waals surface area contributed by atoms with Gasteiger partial charge in [0, 0.05) is 38.8 Å². The van der Waals surface area contributed by atoms with Crippen molar-refractivity contribution >= 4 is 23.4 Å². The van der Waals surface area contributed by atoms with Crippen molar-refractivity contribution in [3.63, 3.8) is 0 Å². The van der Waals surface area contributed by atoms with Gasteiger partial charge in [-0.25, -0.2) is 15.0 Å². The van der Waals surface area contributed by atoms with Gasteiger partial charge in [-0.1, -0.05) is 6.07 Å². The Morgan fingerprint density at radius 3 is 2.40 bits per heavy atom. The van der Waals surface area contributed by atoms with E-state index in [-0.39, 0.29) is 5.91 Å². The van der Waals surface area contributed by atoms with Crippen molar-refractivity contribution in [2.45, 2.75) is 19.3 Å². The van der Waals surface area contributed by atoms with Crippen LogP contribution in [0.3, 0.4) is 0 Å². The molecule has 1 aliphatic carbocycles. The molecule has 2 aliphatic rings. The van der Waals surface area contributed by atoms with Crippen LogP contribution in [0.4, 0.5) is 17.5 Å². The third-order valence-corrected chi connectivity index (χ3v) is 4.63. The van der Waals surface area contributed by atoms with E-state index in [2.05, 4.69) is 30.1 Å². The summed E-state index contributed by atoms with van der Waals surface area (Å²) in [7, 11) is 0. The first kappa shape index (κ1) is 15.8. The van der Waals surface area contributed by atoms with Gasteiger partial charge in [0.25, 0.3) is 0 Å². The standard InChI is InChI=1S/C18H22N6O/c25-17(11-14-4-5-14)22-15-12-20-18(21-13-15)24-9-7-23(8-10-24)16-3-1-2-6-19-16/h1-3,6,12-14H,4-5,7-11H2,(H,22,25). The van der Waals surface area contributed by atoms with Crippen molar-refractivity contribution in [1.29, 1.82) is 0 Å². The fourth-order valence-electron chi connectivity index (χ4n) is 3.02. The Balaban J connectivity index is 1.31. The van der Waals surface area contributed by atoms with E-state index in [1.165, 1.54) is 12.8 Å². The van der Waals surface area contributed by atoms with E-state index >= 15 is 0 Å². The first-order chi connectivity index (χ1) is 12.3. The van der Waals surface area contributed by atoms with Crippen molar-refractivity contribution in [3.05, 3.63) is 36.8 Å². The number of hydrogen-bond acceptors (Lipinski definition) is 6. The van der Waals surface area contributed by atoms with E-state index < -0.39 is 0 Å². The number of carbonyl (C=O) groups excluding carboxylic acids is 1. The summed E-state index contributed by atoms with van der Waals surface area (Å²) >= 11 is 0. The van der Waals surface area contributed by atoms with Gasteiger partial charge < -0.3 is 15.1 Å². The van der Waals surface area contributed by atoms with Gasteiger partial charge in [-0.3, -0.25) is 4.79 Å². The minimum absolute atomic E-state index is 0.0582. The molecular formula is C18H22N6O. The highest BCUT2D eigenvalue weighted by molar-refractivity contribution is 5.90. The molecule has 2 fully saturated rings. The van der Waals surface area contributed by atoms with Gasteiger partial charge in [-0.15, -0.1) is 0 Å². The van der Waals surface area contributed by atoms with Gasteiger partial charge in [-0.05, 0) is 30.9 Å². The van der Waals surface area contributed by atoms with E-state index in [1.54, 1.807) is 12.4 Å². The minimum Gasteiger partial charge on any atom is -0.353 e. The van der Waals surface area contributed by atoms with Crippen LogP contribution in [0.25, 0.3) is 0 Å². The molecule has 130 valence electrons. The summed E-state index contributed by atoms with van der Waals surface area (Å²) in [6.45, 7) is 3.48. The Morgan fingerprint density at radius 2 is 1.76 bits per heavy atom. The largest absolute Gasteiger partial charge is 0.353 e. The zero-order valence-electron chi connectivity index (χ0n) is 14.1. The molecule has 3 heterocycles. The van der Waals surface area contributed by atoms with Gasteiger partial charge in [0.05, 0.1) is 18.1 Å². The first-order valence-electron chi connectivity index (χ1n) is 8.81. The predicted octanol–water partition coefficient (Wildman–Crippen LogP) is 1.94. The molecule has 1 aliphatic heterocycles. The Morgan fingerprint density at radius 1 is 1.04 bits per heavy atom. The zero-order chi connectivity index (χ0) is 17.1. The molecule has 2 aromatic rings. The summed E-state index contributed by atoms with van der Waals surface area (Å²) in [5.74, 6) is 2.36. The number of aromatic nitrogens is 3. The average Bonchev–Trinajstić information content (AvgIpc) is 3.47. The third-order valence-electron chi connectivity index (χ3n) is 4.63. The molecule has 0 unspecified atom stereocenters. The lowest BCUT2D eigenvalue weighted by atomic mass is 10.3. The van der Waals surface area contributed by atoms with Crippen LogP contribution in [0.1, 0.15) is 19.3 Å². The van der Waals surface area contributed by atoms with Crippen molar-refractivity contribution < 1.29 is 4.79 Å². The minimum atomic E-state index is 0.0582. The second-order valence-electron chi connectivity index (χ2n) is 6.63. The van der Waals surface area contributed by atoms with Crippen LogP contribution < -0.4 is 15.1 Å². The number of nitrogens with one attached hydrogen (secondary N) is 1. The topological polar surface area (TPSA) is 74.2 Å². The van der Waals surface area contributed by atoms with Crippen molar-refractivity contribution in [2.24, 2.45) is 5.92 Å². The van der Waals surface area contributed by atoms with E-state index in [1.807, 2.05) is 24.4 Å². The number of nitrogens with zero attached hydrogens (tertiary/aromatic N) is 5. The lowest BCUT2D eigenvalue weighted by Crippen LogP contribution is -2.47. The summed E-state index contributed by atoms with van der Waals surface area (Å²) in [5.41, 5.74) is 0.668. The quantitative estimate of drug-likeness (QED) is 0.898. The number of amides is 1. The number of carbonyl (C=O) groups is 1. The molecule has 1 saturated heterocycles. The van der Waals surface area contributed by atoms with E-state index in [9.17, 15) is 4.79 Å². The maximum absolute atomic E-state index is 11.8. The summed E-state index contributed by atoms with van der Waals surface area (Å²) in [5, 5.41) is 2.87. The molecule has 0 spiro atoms. The Kier molecular flexibility index (Phi) is 4.45. The number of pyridine rings is 1. The van der Waals surface area contributed by atoms with Crippen LogP contribution >= 0.6 is 0 Å². The Hall–Kier alpha value is -2.70. The summed E-state index contributed by atoms with van der Waals surface area (Å²) in [4.78, 5) is 29.5. The van der Waals surface area contributed by atoms with Gasteiger partial charge in [0.1, 0.15) is 5.82 Å². The maximum Gasteiger partial charge on any atom is 0.225 e. The molecule has 0 atom stereocenters. The molecule has 2 aromatic heterocycles. The zero-order valence-corrected chi connectivity index (χ0v) is 14.1. The Labute approximate surface area is 147 Å². The van der Waals surface area contributed by atoms with Crippen LogP contribution in [-0.2, 0) is 4.79 Å². The molecule has 4 rings (SSSR count). The predicted molar refractivity (Wildman–Crippen MR) is 96.7 cm³/mol. The molecule has 0 radical (unpaired) electrons. The smallest absolute Gasteiger partial charge is 0.225 e. The lowest BCUT2D eigenvalue weighted by Gasteiger charge is -2.35. The Bertz CT molecular complexity index is 708. The van der Waals surface area contributed by atoms with Crippen LogP contribution in [0.5, 0.6) is 0 Å². The first-order valence-corrected chi connectivity index (χ1v) is 8.81. The van der Waals surface area contributed by atoms with Crippen LogP contribution in [0.15, 0.2) is 36.8 Å². The van der Waals surface area contributed by atoms with Gasteiger partial charge in [0.2, 0.25) is 11.9 Å². The molecule has 25 heavy (non-hydrogen) atoms. The van der Waals surface area contributed by atoms with Gasteiger partial charge in [-0.2, -0.15) is 0 Å². The number of piperazine rings is 1. The molecule has 7 nitrogen and oxygen atoms in total. The fourth-order valence-corrected chi connectivity index (χ4v) is 3.02. The van der Waals surface area contributed by atoms with Crippen LogP contribution in [-0.4, -0.2) is 47.0 Å². The van der Waals surface area contributed by atoms with Gasteiger partial charge in [0.15, 0.2) is 0 Å². The number of hydrogen-bond donors (Lipinski definition) is 1. The summed E-state index contributed by atoms with van der Waals surface area (Å²) in [6, 6.07) is 5.97. The lowest BCUT2D eigenvalue weighted by molar-refractivity contribution is -0.116. The van der Waals surface area contributed by atoms with Gasteiger partial charge >= 0.3 is 0 Å². The van der Waals surface area contributed by atoms with E-state index in [0.717, 1.165) is 32.0 Å². The molecule has 0 aromatic carbocycles. The van der Waals surface area contributed by atoms with Crippen molar-refractivity contribution in [3.8, 4) is 0 Å².